The van der Waals surface area contributed by atoms with E-state index in [4.69, 9.17) is 9.84 Å². The van der Waals surface area contributed by atoms with Crippen LogP contribution in [0.15, 0.2) is 35.9 Å². The number of hydrogen-bond donors (Lipinski definition) is 1. The molecular weight excluding hydrogens is 256 g/mol. The summed E-state index contributed by atoms with van der Waals surface area (Å²) in [5.74, 6) is -1.72. The van der Waals surface area contributed by atoms with E-state index < -0.39 is 11.9 Å². The van der Waals surface area contributed by atoms with Gasteiger partial charge in [0, 0.05) is 0 Å². The van der Waals surface area contributed by atoms with Crippen LogP contribution in [-0.4, -0.2) is 23.1 Å². The Bertz CT molecular complexity index is 513. The van der Waals surface area contributed by atoms with Crippen LogP contribution in [0.5, 0.6) is 0 Å². The van der Waals surface area contributed by atoms with Crippen LogP contribution in [0.3, 0.4) is 0 Å². The summed E-state index contributed by atoms with van der Waals surface area (Å²) in [7, 11) is 0. The van der Waals surface area contributed by atoms with Gasteiger partial charge in [-0.3, -0.25) is 0 Å². The summed E-state index contributed by atoms with van der Waals surface area (Å²) < 4.78 is 5.28. The Morgan fingerprint density at radius 2 is 1.85 bits per heavy atom. The molecular formula is C16H20O4. The Morgan fingerprint density at radius 3 is 2.40 bits per heavy atom. The van der Waals surface area contributed by atoms with Gasteiger partial charge in [-0.2, -0.15) is 0 Å². The molecule has 1 aromatic carbocycles. The number of esters is 1. The molecule has 0 unspecified atom stereocenters. The number of carboxylic acids is 1. The highest BCUT2D eigenvalue weighted by Gasteiger charge is 2.18. The van der Waals surface area contributed by atoms with E-state index in [-0.39, 0.29) is 17.2 Å². The quantitative estimate of drug-likeness (QED) is 0.636. The maximum Gasteiger partial charge on any atom is 0.339 e. The number of aromatic carboxylic acids is 1. The normalized spacial score (nSPS) is 11.6. The molecule has 20 heavy (non-hydrogen) atoms. The Kier molecular flexibility index (Phi) is 5.97. The van der Waals surface area contributed by atoms with E-state index in [2.05, 4.69) is 6.08 Å². The second-order valence-corrected chi connectivity index (χ2v) is 4.93. The van der Waals surface area contributed by atoms with E-state index >= 15 is 0 Å². The predicted molar refractivity (Wildman–Crippen MR) is 76.9 cm³/mol. The van der Waals surface area contributed by atoms with Gasteiger partial charge in [0.05, 0.1) is 17.2 Å². The van der Waals surface area contributed by atoms with Crippen molar-refractivity contribution in [3.63, 3.8) is 0 Å². The van der Waals surface area contributed by atoms with Crippen molar-refractivity contribution in [2.45, 2.75) is 39.7 Å². The molecule has 0 spiro atoms. The van der Waals surface area contributed by atoms with Crippen molar-refractivity contribution in [1.29, 1.82) is 0 Å². The lowest BCUT2D eigenvalue weighted by molar-refractivity contribution is 0.0320. The number of ether oxygens (including phenoxy) is 1. The second kappa shape index (κ2) is 7.48. The zero-order chi connectivity index (χ0) is 15.1. The molecule has 1 N–H and O–H groups in total. The Morgan fingerprint density at radius 1 is 1.25 bits per heavy atom. The third-order valence-electron chi connectivity index (χ3n) is 2.81. The van der Waals surface area contributed by atoms with Gasteiger partial charge in [0.25, 0.3) is 0 Å². The van der Waals surface area contributed by atoms with Gasteiger partial charge >= 0.3 is 11.9 Å². The van der Waals surface area contributed by atoms with Crippen LogP contribution in [0, 0.1) is 0 Å². The minimum Gasteiger partial charge on any atom is -0.478 e. The fraction of sp³-hybridized carbons (Fsp3) is 0.375. The SMILES string of the molecule is CC(C)=CCC[C@H](C)OC(=O)c1ccccc1C(=O)O. The largest absolute Gasteiger partial charge is 0.478 e. The molecule has 0 aliphatic rings. The van der Waals surface area contributed by atoms with Crippen molar-refractivity contribution in [3.05, 3.63) is 47.0 Å². The van der Waals surface area contributed by atoms with Crippen molar-refractivity contribution in [2.75, 3.05) is 0 Å². The van der Waals surface area contributed by atoms with E-state index in [9.17, 15) is 9.59 Å². The number of hydrogen-bond acceptors (Lipinski definition) is 3. The fourth-order valence-electron chi connectivity index (χ4n) is 1.76. The zero-order valence-corrected chi connectivity index (χ0v) is 12.1. The highest BCUT2D eigenvalue weighted by atomic mass is 16.5. The third kappa shape index (κ3) is 4.88. The second-order valence-electron chi connectivity index (χ2n) is 4.93. The van der Waals surface area contributed by atoms with E-state index in [1.807, 2.05) is 13.8 Å². The first-order valence-electron chi connectivity index (χ1n) is 6.58. The molecule has 0 radical (unpaired) electrons. The standard InChI is InChI=1S/C16H20O4/c1-11(2)7-6-8-12(3)20-16(19)14-10-5-4-9-13(14)15(17)18/h4-5,7,9-10,12H,6,8H2,1-3H3,(H,17,18)/t12-/m0/s1. The van der Waals surface area contributed by atoms with Crippen molar-refractivity contribution in [2.24, 2.45) is 0 Å². The molecule has 0 aliphatic heterocycles. The molecule has 0 bridgehead atoms. The first kappa shape index (κ1) is 16.0. The molecule has 4 heteroatoms. The third-order valence-corrected chi connectivity index (χ3v) is 2.81. The molecule has 1 rings (SSSR count). The lowest BCUT2D eigenvalue weighted by Crippen LogP contribution is -2.17. The number of rotatable bonds is 6. The Labute approximate surface area is 119 Å². The zero-order valence-electron chi connectivity index (χ0n) is 12.1. The van der Waals surface area contributed by atoms with Gasteiger partial charge in [-0.15, -0.1) is 0 Å². The van der Waals surface area contributed by atoms with Crippen LogP contribution in [0.4, 0.5) is 0 Å². The van der Waals surface area contributed by atoms with Gasteiger partial charge in [-0.05, 0) is 45.7 Å². The Balaban J connectivity index is 2.67. The van der Waals surface area contributed by atoms with Crippen LogP contribution in [0.1, 0.15) is 54.3 Å². The summed E-state index contributed by atoms with van der Waals surface area (Å²) in [4.78, 5) is 23.0. The van der Waals surface area contributed by atoms with Crippen molar-refractivity contribution in [3.8, 4) is 0 Å². The van der Waals surface area contributed by atoms with E-state index in [1.165, 1.54) is 17.7 Å². The van der Waals surface area contributed by atoms with Gasteiger partial charge < -0.3 is 9.84 Å². The molecule has 0 amide bonds. The van der Waals surface area contributed by atoms with Gasteiger partial charge in [0.2, 0.25) is 0 Å². The first-order chi connectivity index (χ1) is 9.41. The van der Waals surface area contributed by atoms with Crippen LogP contribution >= 0.6 is 0 Å². The van der Waals surface area contributed by atoms with Gasteiger partial charge in [0.15, 0.2) is 0 Å². The number of carbonyl (C=O) groups excluding carboxylic acids is 1. The fourth-order valence-corrected chi connectivity index (χ4v) is 1.76. The summed E-state index contributed by atoms with van der Waals surface area (Å²) in [6.45, 7) is 5.83. The smallest absolute Gasteiger partial charge is 0.339 e. The molecule has 0 heterocycles. The summed E-state index contributed by atoms with van der Waals surface area (Å²) in [5.41, 5.74) is 1.28. The summed E-state index contributed by atoms with van der Waals surface area (Å²) in [5, 5.41) is 9.04. The maximum atomic E-state index is 12.0. The molecule has 1 atom stereocenters. The summed E-state index contributed by atoms with van der Waals surface area (Å²) >= 11 is 0. The molecule has 0 aliphatic carbocycles. The van der Waals surface area contributed by atoms with E-state index in [1.54, 1.807) is 19.1 Å². The lowest BCUT2D eigenvalue weighted by atomic mass is 10.1. The van der Waals surface area contributed by atoms with Crippen molar-refractivity contribution in [1.82, 2.24) is 0 Å². The molecule has 0 aromatic heterocycles. The summed E-state index contributed by atoms with van der Waals surface area (Å²) in [6.07, 6.45) is 3.37. The van der Waals surface area contributed by atoms with Gasteiger partial charge in [0.1, 0.15) is 0 Å². The number of benzene rings is 1. The topological polar surface area (TPSA) is 63.6 Å². The monoisotopic (exact) mass is 276 g/mol. The number of carbonyl (C=O) groups is 2. The molecule has 0 saturated carbocycles. The molecule has 0 fully saturated rings. The van der Waals surface area contributed by atoms with Crippen LogP contribution < -0.4 is 0 Å². The lowest BCUT2D eigenvalue weighted by Gasteiger charge is -2.13. The maximum absolute atomic E-state index is 12.0. The minimum absolute atomic E-state index is 0.0333. The molecule has 1 aromatic rings. The van der Waals surface area contributed by atoms with E-state index in [0.717, 1.165) is 6.42 Å². The van der Waals surface area contributed by atoms with Gasteiger partial charge in [-0.1, -0.05) is 23.8 Å². The van der Waals surface area contributed by atoms with Crippen LogP contribution in [-0.2, 0) is 4.74 Å². The minimum atomic E-state index is -1.13. The number of carboxylic acid groups (broad SMARTS) is 1. The van der Waals surface area contributed by atoms with Crippen LogP contribution in [0.25, 0.3) is 0 Å². The first-order valence-corrected chi connectivity index (χ1v) is 6.58. The van der Waals surface area contributed by atoms with Crippen molar-refractivity contribution >= 4 is 11.9 Å². The highest BCUT2D eigenvalue weighted by molar-refractivity contribution is 6.02. The average molecular weight is 276 g/mol. The van der Waals surface area contributed by atoms with Gasteiger partial charge in [-0.25, -0.2) is 9.59 Å². The van der Waals surface area contributed by atoms with E-state index in [0.29, 0.717) is 6.42 Å². The van der Waals surface area contributed by atoms with Crippen LogP contribution in [0.2, 0.25) is 0 Å². The number of allylic oxidation sites excluding steroid dienone is 2. The molecule has 4 nitrogen and oxygen atoms in total. The average Bonchev–Trinajstić information content (AvgIpc) is 2.38. The summed E-state index contributed by atoms with van der Waals surface area (Å²) in [6, 6.07) is 6.07. The Hall–Kier alpha value is -2.10. The highest BCUT2D eigenvalue weighted by Crippen LogP contribution is 2.13. The molecule has 108 valence electrons. The predicted octanol–water partition coefficient (Wildman–Crippen LogP) is 3.68. The van der Waals surface area contributed by atoms with Crippen molar-refractivity contribution < 1.29 is 19.4 Å². The molecule has 0 saturated heterocycles.